The maximum Gasteiger partial charge on any atom is 0.0343 e. The van der Waals surface area contributed by atoms with Crippen molar-refractivity contribution >= 4 is 5.57 Å². The summed E-state index contributed by atoms with van der Waals surface area (Å²) in [6, 6.07) is 2.25. The zero-order valence-corrected chi connectivity index (χ0v) is 9.74. The second-order valence-electron chi connectivity index (χ2n) is 5.06. The molecule has 1 aromatic heterocycles. The van der Waals surface area contributed by atoms with E-state index in [0.717, 1.165) is 18.4 Å². The molecule has 1 aliphatic carbocycles. The Hall–Kier alpha value is -1.15. The van der Waals surface area contributed by atoms with Gasteiger partial charge in [0.2, 0.25) is 0 Å². The molecule has 0 bridgehead atoms. The van der Waals surface area contributed by atoms with Crippen LogP contribution in [0.1, 0.15) is 24.0 Å². The smallest absolute Gasteiger partial charge is 0.0343 e. The average Bonchev–Trinajstić information content (AvgIpc) is 2.72. The highest BCUT2D eigenvalue weighted by molar-refractivity contribution is 5.68. The molecule has 2 atom stereocenters. The largest absolute Gasteiger partial charge is 0.316 e. The Morgan fingerprint density at radius 3 is 3.12 bits per heavy atom. The Bertz CT molecular complexity index is 422. The molecule has 2 heterocycles. The summed E-state index contributed by atoms with van der Waals surface area (Å²) in [5.41, 5.74) is 4.09. The van der Waals surface area contributed by atoms with Crippen molar-refractivity contribution in [3.8, 4) is 0 Å². The number of hydrogen-bond donors (Lipinski definition) is 1. The van der Waals surface area contributed by atoms with Gasteiger partial charge in [-0.05, 0) is 60.9 Å². The average molecular weight is 214 g/mol. The number of allylic oxidation sites excluding steroid dienone is 1. The molecule has 2 unspecified atom stereocenters. The normalized spacial score (nSPS) is 28.7. The van der Waals surface area contributed by atoms with E-state index in [-0.39, 0.29) is 0 Å². The summed E-state index contributed by atoms with van der Waals surface area (Å²) >= 11 is 0. The van der Waals surface area contributed by atoms with E-state index in [0.29, 0.717) is 0 Å². The lowest BCUT2D eigenvalue weighted by molar-refractivity contribution is 0.323. The Morgan fingerprint density at radius 2 is 2.31 bits per heavy atom. The molecule has 0 amide bonds. The van der Waals surface area contributed by atoms with E-state index in [2.05, 4.69) is 29.4 Å². The van der Waals surface area contributed by atoms with Gasteiger partial charge in [-0.15, -0.1) is 0 Å². The van der Waals surface area contributed by atoms with Crippen molar-refractivity contribution in [2.75, 3.05) is 13.1 Å². The first-order valence-electron chi connectivity index (χ1n) is 6.16. The minimum absolute atomic E-state index is 0.754. The first-order chi connectivity index (χ1) is 7.83. The van der Waals surface area contributed by atoms with E-state index in [1.165, 1.54) is 36.1 Å². The van der Waals surface area contributed by atoms with Gasteiger partial charge in [-0.2, -0.15) is 0 Å². The highest BCUT2D eigenvalue weighted by Gasteiger charge is 2.29. The van der Waals surface area contributed by atoms with Crippen LogP contribution in [-0.2, 0) is 0 Å². The van der Waals surface area contributed by atoms with E-state index >= 15 is 0 Å². The molecule has 84 valence electrons. The molecule has 1 aromatic rings. The SMILES string of the molecule is Cc1cncc(C2=CC3CNCCC3C2)c1. The first kappa shape index (κ1) is 10.0. The van der Waals surface area contributed by atoms with Crippen molar-refractivity contribution < 1.29 is 0 Å². The molecule has 1 N–H and O–H groups in total. The van der Waals surface area contributed by atoms with Crippen molar-refractivity contribution in [3.63, 3.8) is 0 Å². The summed E-state index contributed by atoms with van der Waals surface area (Å²) in [7, 11) is 0. The topological polar surface area (TPSA) is 24.9 Å². The second kappa shape index (κ2) is 4.02. The van der Waals surface area contributed by atoms with Crippen LogP contribution in [-0.4, -0.2) is 18.1 Å². The molecule has 0 saturated carbocycles. The fraction of sp³-hybridized carbons (Fsp3) is 0.500. The van der Waals surface area contributed by atoms with Crippen LogP contribution in [0.5, 0.6) is 0 Å². The monoisotopic (exact) mass is 214 g/mol. The maximum atomic E-state index is 4.29. The first-order valence-corrected chi connectivity index (χ1v) is 6.16. The molecule has 1 saturated heterocycles. The number of fused-ring (bicyclic) bond motifs is 1. The van der Waals surface area contributed by atoms with E-state index in [9.17, 15) is 0 Å². The predicted octanol–water partition coefficient (Wildman–Crippen LogP) is 2.40. The van der Waals surface area contributed by atoms with Gasteiger partial charge in [0.05, 0.1) is 0 Å². The van der Waals surface area contributed by atoms with Crippen LogP contribution in [0.25, 0.3) is 5.57 Å². The van der Waals surface area contributed by atoms with Crippen molar-refractivity contribution in [1.82, 2.24) is 10.3 Å². The zero-order chi connectivity index (χ0) is 11.0. The molecule has 1 fully saturated rings. The summed E-state index contributed by atoms with van der Waals surface area (Å²) in [6.07, 6.45) is 8.96. The molecule has 2 nitrogen and oxygen atoms in total. The zero-order valence-electron chi connectivity index (χ0n) is 9.74. The molecular weight excluding hydrogens is 196 g/mol. The number of nitrogens with zero attached hydrogens (tertiary/aromatic N) is 1. The van der Waals surface area contributed by atoms with Crippen LogP contribution in [0.15, 0.2) is 24.5 Å². The standard InChI is InChI=1S/C14H18N2/c1-10-4-13(9-16-7-10)12-5-11-2-3-15-8-14(11)6-12/h4,6-7,9,11,14-15H,2-3,5,8H2,1H3. The van der Waals surface area contributed by atoms with E-state index in [1.54, 1.807) is 0 Å². The second-order valence-corrected chi connectivity index (χ2v) is 5.06. The van der Waals surface area contributed by atoms with Gasteiger partial charge in [0.25, 0.3) is 0 Å². The van der Waals surface area contributed by atoms with E-state index in [4.69, 9.17) is 0 Å². The van der Waals surface area contributed by atoms with Gasteiger partial charge in [0.15, 0.2) is 0 Å². The fourth-order valence-corrected chi connectivity index (χ4v) is 2.94. The molecule has 16 heavy (non-hydrogen) atoms. The number of aryl methyl sites for hydroxylation is 1. The fourth-order valence-electron chi connectivity index (χ4n) is 2.94. The van der Waals surface area contributed by atoms with E-state index in [1.807, 2.05) is 12.4 Å². The number of nitrogens with one attached hydrogen (secondary N) is 1. The minimum Gasteiger partial charge on any atom is -0.316 e. The Balaban J connectivity index is 1.86. The minimum atomic E-state index is 0.754. The van der Waals surface area contributed by atoms with Gasteiger partial charge in [-0.3, -0.25) is 4.98 Å². The van der Waals surface area contributed by atoms with Crippen molar-refractivity contribution in [2.24, 2.45) is 11.8 Å². The van der Waals surface area contributed by atoms with Crippen LogP contribution < -0.4 is 5.32 Å². The summed E-state index contributed by atoms with van der Waals surface area (Å²) in [5.74, 6) is 1.63. The molecule has 0 aromatic carbocycles. The van der Waals surface area contributed by atoms with Crippen LogP contribution in [0.3, 0.4) is 0 Å². The Labute approximate surface area is 96.8 Å². The Morgan fingerprint density at radius 1 is 1.38 bits per heavy atom. The quantitative estimate of drug-likeness (QED) is 0.776. The summed E-state index contributed by atoms with van der Waals surface area (Å²) in [4.78, 5) is 4.29. The lowest BCUT2D eigenvalue weighted by atomic mass is 9.89. The highest BCUT2D eigenvalue weighted by Crippen LogP contribution is 2.39. The number of aromatic nitrogens is 1. The van der Waals surface area contributed by atoms with Gasteiger partial charge in [-0.1, -0.05) is 6.08 Å². The summed E-state index contributed by atoms with van der Waals surface area (Å²) < 4.78 is 0. The molecular formula is C14H18N2. The molecule has 2 aliphatic rings. The number of rotatable bonds is 1. The summed E-state index contributed by atoms with van der Waals surface area (Å²) in [6.45, 7) is 4.46. The lowest BCUT2D eigenvalue weighted by Crippen LogP contribution is -2.33. The summed E-state index contributed by atoms with van der Waals surface area (Å²) in [5, 5.41) is 3.48. The molecule has 3 rings (SSSR count). The van der Waals surface area contributed by atoms with Crippen molar-refractivity contribution in [2.45, 2.75) is 19.8 Å². The van der Waals surface area contributed by atoms with Crippen LogP contribution in [0, 0.1) is 18.8 Å². The van der Waals surface area contributed by atoms with Crippen molar-refractivity contribution in [3.05, 3.63) is 35.7 Å². The highest BCUT2D eigenvalue weighted by atomic mass is 14.9. The number of hydrogen-bond acceptors (Lipinski definition) is 2. The maximum absolute atomic E-state index is 4.29. The molecule has 2 heteroatoms. The van der Waals surface area contributed by atoms with Gasteiger partial charge in [0.1, 0.15) is 0 Å². The van der Waals surface area contributed by atoms with Gasteiger partial charge < -0.3 is 5.32 Å². The molecule has 1 aliphatic heterocycles. The van der Waals surface area contributed by atoms with Crippen LogP contribution >= 0.6 is 0 Å². The molecule has 0 radical (unpaired) electrons. The lowest BCUT2D eigenvalue weighted by Gasteiger charge is -2.25. The van der Waals surface area contributed by atoms with Gasteiger partial charge in [0, 0.05) is 18.9 Å². The number of pyridine rings is 1. The van der Waals surface area contributed by atoms with Crippen LogP contribution in [0.4, 0.5) is 0 Å². The van der Waals surface area contributed by atoms with E-state index < -0.39 is 0 Å². The van der Waals surface area contributed by atoms with Crippen molar-refractivity contribution in [1.29, 1.82) is 0 Å². The van der Waals surface area contributed by atoms with Gasteiger partial charge >= 0.3 is 0 Å². The Kier molecular flexibility index (Phi) is 2.52. The third-order valence-electron chi connectivity index (χ3n) is 3.82. The van der Waals surface area contributed by atoms with Gasteiger partial charge in [-0.25, -0.2) is 0 Å². The molecule has 0 spiro atoms. The third-order valence-corrected chi connectivity index (χ3v) is 3.82. The third kappa shape index (κ3) is 1.78. The predicted molar refractivity (Wildman–Crippen MR) is 66.0 cm³/mol. The van der Waals surface area contributed by atoms with Crippen LogP contribution in [0.2, 0.25) is 0 Å². The number of piperidine rings is 1.